The Hall–Kier alpha value is -0.120. The van der Waals surface area contributed by atoms with Crippen LogP contribution in [-0.2, 0) is 4.74 Å². The molecule has 120 valence electrons. The van der Waals surface area contributed by atoms with Crippen molar-refractivity contribution in [1.82, 2.24) is 5.32 Å². The van der Waals surface area contributed by atoms with E-state index in [-0.39, 0.29) is 12.6 Å². The van der Waals surface area contributed by atoms with E-state index in [9.17, 15) is 5.11 Å². The van der Waals surface area contributed by atoms with Crippen molar-refractivity contribution in [2.24, 2.45) is 5.92 Å². The van der Waals surface area contributed by atoms with Crippen molar-refractivity contribution in [2.75, 3.05) is 26.4 Å². The fourth-order valence-corrected chi connectivity index (χ4v) is 3.04. The topological polar surface area (TPSA) is 41.5 Å². The monoisotopic (exact) mass is 285 g/mol. The molecular weight excluding hydrogens is 250 g/mol. The molecule has 1 heterocycles. The van der Waals surface area contributed by atoms with Crippen molar-refractivity contribution in [2.45, 2.75) is 77.2 Å². The molecule has 1 aliphatic rings. The van der Waals surface area contributed by atoms with E-state index in [1.165, 1.54) is 51.4 Å². The molecule has 0 amide bonds. The number of hydrogen-bond donors (Lipinski definition) is 2. The summed E-state index contributed by atoms with van der Waals surface area (Å²) in [5.74, 6) is 0.600. The van der Waals surface area contributed by atoms with Crippen LogP contribution in [0.25, 0.3) is 0 Å². The molecule has 0 aromatic carbocycles. The van der Waals surface area contributed by atoms with Crippen LogP contribution in [0, 0.1) is 5.92 Å². The van der Waals surface area contributed by atoms with Gasteiger partial charge in [0.1, 0.15) is 0 Å². The van der Waals surface area contributed by atoms with Gasteiger partial charge in [0.15, 0.2) is 0 Å². The third kappa shape index (κ3) is 8.23. The Morgan fingerprint density at radius 3 is 2.20 bits per heavy atom. The van der Waals surface area contributed by atoms with Crippen molar-refractivity contribution in [3.63, 3.8) is 0 Å². The first-order valence-corrected chi connectivity index (χ1v) is 8.80. The predicted molar refractivity (Wildman–Crippen MR) is 85.0 cm³/mol. The molecule has 0 aromatic heterocycles. The maximum absolute atomic E-state index is 9.50. The molecule has 1 rings (SSSR count). The number of nitrogens with one attached hydrogen (secondary N) is 1. The third-order valence-corrected chi connectivity index (χ3v) is 4.47. The quantitative estimate of drug-likeness (QED) is 0.539. The summed E-state index contributed by atoms with van der Waals surface area (Å²) in [6.45, 7) is 5.31. The average Bonchev–Trinajstić information content (AvgIpc) is 2.50. The summed E-state index contributed by atoms with van der Waals surface area (Å²) in [6, 6.07) is 0.281. The number of aliphatic hydroxyl groups excluding tert-OH is 1. The van der Waals surface area contributed by atoms with Crippen LogP contribution in [0.4, 0.5) is 0 Å². The van der Waals surface area contributed by atoms with Crippen LogP contribution in [-0.4, -0.2) is 37.5 Å². The van der Waals surface area contributed by atoms with Crippen molar-refractivity contribution < 1.29 is 9.84 Å². The molecule has 0 spiro atoms. The van der Waals surface area contributed by atoms with Crippen LogP contribution in [0.5, 0.6) is 0 Å². The standard InChI is InChI=1S/C17H35NO2/c1-2-3-4-5-6-7-8-9-12-18-17(15-19)16-10-13-20-14-11-16/h16-19H,2-15H2,1H3/t17-/m1/s1. The molecule has 1 aliphatic heterocycles. The molecule has 0 aromatic rings. The van der Waals surface area contributed by atoms with Crippen molar-refractivity contribution >= 4 is 0 Å². The zero-order valence-corrected chi connectivity index (χ0v) is 13.4. The molecule has 3 nitrogen and oxygen atoms in total. The highest BCUT2D eigenvalue weighted by atomic mass is 16.5. The lowest BCUT2D eigenvalue weighted by Crippen LogP contribution is -2.42. The number of hydrogen-bond acceptors (Lipinski definition) is 3. The zero-order valence-electron chi connectivity index (χ0n) is 13.4. The van der Waals surface area contributed by atoms with E-state index < -0.39 is 0 Å². The average molecular weight is 285 g/mol. The molecular formula is C17H35NO2. The van der Waals surface area contributed by atoms with Gasteiger partial charge in [0.25, 0.3) is 0 Å². The zero-order chi connectivity index (χ0) is 14.5. The molecule has 0 unspecified atom stereocenters. The number of ether oxygens (including phenoxy) is 1. The minimum absolute atomic E-state index is 0.266. The highest BCUT2D eigenvalue weighted by molar-refractivity contribution is 4.77. The van der Waals surface area contributed by atoms with Crippen LogP contribution in [0.15, 0.2) is 0 Å². The summed E-state index contributed by atoms with van der Waals surface area (Å²) in [5, 5.41) is 13.0. The highest BCUT2D eigenvalue weighted by Gasteiger charge is 2.22. The van der Waals surface area contributed by atoms with E-state index in [0.29, 0.717) is 5.92 Å². The first kappa shape index (κ1) is 17.9. The van der Waals surface area contributed by atoms with Crippen LogP contribution in [0.3, 0.4) is 0 Å². The first-order chi connectivity index (χ1) is 9.88. The number of unbranched alkanes of at least 4 members (excludes halogenated alkanes) is 7. The lowest BCUT2D eigenvalue weighted by Gasteiger charge is -2.29. The molecule has 1 fully saturated rings. The van der Waals surface area contributed by atoms with E-state index in [4.69, 9.17) is 4.74 Å². The molecule has 0 radical (unpaired) electrons. The molecule has 0 saturated carbocycles. The second-order valence-corrected chi connectivity index (χ2v) is 6.17. The van der Waals surface area contributed by atoms with Gasteiger partial charge in [-0.1, -0.05) is 51.9 Å². The van der Waals surface area contributed by atoms with Crippen molar-refractivity contribution in [3.05, 3.63) is 0 Å². The molecule has 1 saturated heterocycles. The summed E-state index contributed by atoms with van der Waals surface area (Å²) < 4.78 is 5.38. The van der Waals surface area contributed by atoms with Gasteiger partial charge in [-0.3, -0.25) is 0 Å². The fourth-order valence-electron chi connectivity index (χ4n) is 3.04. The van der Waals surface area contributed by atoms with Gasteiger partial charge in [0.05, 0.1) is 6.61 Å². The minimum atomic E-state index is 0.266. The SMILES string of the molecule is CCCCCCCCCCN[C@H](CO)C1CCOCC1. The molecule has 3 heteroatoms. The van der Waals surface area contributed by atoms with E-state index in [1.54, 1.807) is 0 Å². The molecule has 2 N–H and O–H groups in total. The second kappa shape index (κ2) is 12.6. The molecule has 1 atom stereocenters. The van der Waals surface area contributed by atoms with Gasteiger partial charge in [-0.15, -0.1) is 0 Å². The van der Waals surface area contributed by atoms with Gasteiger partial charge >= 0.3 is 0 Å². The molecule has 0 bridgehead atoms. The summed E-state index contributed by atoms with van der Waals surface area (Å²) in [6.07, 6.45) is 13.1. The fraction of sp³-hybridized carbons (Fsp3) is 1.00. The maximum Gasteiger partial charge on any atom is 0.0587 e. The maximum atomic E-state index is 9.50. The van der Waals surface area contributed by atoms with Crippen LogP contribution in [0.1, 0.15) is 71.1 Å². The van der Waals surface area contributed by atoms with Gasteiger partial charge in [-0.25, -0.2) is 0 Å². The van der Waals surface area contributed by atoms with E-state index in [2.05, 4.69) is 12.2 Å². The Morgan fingerprint density at radius 2 is 1.60 bits per heavy atom. The second-order valence-electron chi connectivity index (χ2n) is 6.17. The Morgan fingerprint density at radius 1 is 1.00 bits per heavy atom. The van der Waals surface area contributed by atoms with Crippen molar-refractivity contribution in [3.8, 4) is 0 Å². The number of rotatable bonds is 12. The molecule has 20 heavy (non-hydrogen) atoms. The van der Waals surface area contributed by atoms with Crippen LogP contribution >= 0.6 is 0 Å². The summed E-state index contributed by atoms with van der Waals surface area (Å²) in [4.78, 5) is 0. The Bertz CT molecular complexity index is 205. The molecule has 0 aliphatic carbocycles. The summed E-state index contributed by atoms with van der Waals surface area (Å²) in [7, 11) is 0. The minimum Gasteiger partial charge on any atom is -0.395 e. The van der Waals surface area contributed by atoms with Gasteiger partial charge in [0, 0.05) is 19.3 Å². The van der Waals surface area contributed by atoms with Crippen LogP contribution in [0.2, 0.25) is 0 Å². The van der Waals surface area contributed by atoms with E-state index in [1.807, 2.05) is 0 Å². The Balaban J connectivity index is 1.93. The van der Waals surface area contributed by atoms with Gasteiger partial charge in [-0.2, -0.15) is 0 Å². The third-order valence-electron chi connectivity index (χ3n) is 4.47. The largest absolute Gasteiger partial charge is 0.395 e. The lowest BCUT2D eigenvalue weighted by molar-refractivity contribution is 0.0438. The predicted octanol–water partition coefficient (Wildman–Crippen LogP) is 3.50. The smallest absolute Gasteiger partial charge is 0.0587 e. The van der Waals surface area contributed by atoms with E-state index in [0.717, 1.165) is 32.6 Å². The summed E-state index contributed by atoms with van der Waals surface area (Å²) >= 11 is 0. The normalized spacial score (nSPS) is 18.3. The van der Waals surface area contributed by atoms with Gasteiger partial charge in [-0.05, 0) is 31.7 Å². The first-order valence-electron chi connectivity index (χ1n) is 8.80. The van der Waals surface area contributed by atoms with Crippen LogP contribution < -0.4 is 5.32 Å². The van der Waals surface area contributed by atoms with Gasteiger partial charge < -0.3 is 15.2 Å². The summed E-state index contributed by atoms with van der Waals surface area (Å²) in [5.41, 5.74) is 0. The Labute approximate surface area is 125 Å². The lowest BCUT2D eigenvalue weighted by atomic mass is 9.92. The highest BCUT2D eigenvalue weighted by Crippen LogP contribution is 2.18. The van der Waals surface area contributed by atoms with Gasteiger partial charge in [0.2, 0.25) is 0 Å². The number of aliphatic hydroxyl groups is 1. The Kier molecular flexibility index (Phi) is 11.3. The van der Waals surface area contributed by atoms with Crippen molar-refractivity contribution in [1.29, 1.82) is 0 Å². The van der Waals surface area contributed by atoms with E-state index >= 15 is 0 Å².